The van der Waals surface area contributed by atoms with E-state index in [1.54, 1.807) is 12.1 Å². The van der Waals surface area contributed by atoms with Crippen molar-refractivity contribution in [2.24, 2.45) is 5.10 Å². The average molecular weight is 431 g/mol. The summed E-state index contributed by atoms with van der Waals surface area (Å²) in [5.74, 6) is -0.518. The van der Waals surface area contributed by atoms with Crippen molar-refractivity contribution in [1.82, 2.24) is 5.43 Å². The smallest absolute Gasteiger partial charge is 0.260 e. The molecule has 1 N–H and O–H groups in total. The van der Waals surface area contributed by atoms with E-state index in [1.165, 1.54) is 6.21 Å². The summed E-state index contributed by atoms with van der Waals surface area (Å²) in [6, 6.07) is 13.3. The van der Waals surface area contributed by atoms with Crippen molar-refractivity contribution in [3.8, 4) is 0 Å². The van der Waals surface area contributed by atoms with E-state index in [2.05, 4.69) is 29.3 Å². The summed E-state index contributed by atoms with van der Waals surface area (Å²) in [4.78, 5) is 14.5. The number of nitrogens with one attached hydrogen (secondary N) is 1. The summed E-state index contributed by atoms with van der Waals surface area (Å²) in [6.45, 7) is 9.48. The fraction of sp³-hybridized carbons (Fsp3) is 0.364. The molecule has 0 spiro atoms. The molecule has 2 rings (SSSR count). The minimum absolute atomic E-state index is 0.347. The Hall–Kier alpha value is -2.87. The zero-order valence-corrected chi connectivity index (χ0v) is 19.0. The van der Waals surface area contributed by atoms with Gasteiger partial charge in [-0.25, -0.2) is 13.8 Å². The van der Waals surface area contributed by atoms with Crippen molar-refractivity contribution in [2.75, 3.05) is 35.1 Å². The number of rotatable bonds is 9. The van der Waals surface area contributed by atoms with Crippen LogP contribution < -0.4 is 14.6 Å². The Kier molecular flexibility index (Phi) is 8.00. The van der Waals surface area contributed by atoms with Crippen molar-refractivity contribution < 1.29 is 13.2 Å². The third kappa shape index (κ3) is 6.59. The number of carbonyl (C=O) groups is 1. The van der Waals surface area contributed by atoms with Crippen molar-refractivity contribution in [1.29, 1.82) is 0 Å². The molecular formula is C22H30N4O3S. The molecule has 0 bridgehead atoms. The van der Waals surface area contributed by atoms with Gasteiger partial charge in [0.1, 0.15) is 6.54 Å². The van der Waals surface area contributed by atoms with Crippen LogP contribution in [0.15, 0.2) is 47.6 Å². The molecule has 0 aliphatic heterocycles. The van der Waals surface area contributed by atoms with Gasteiger partial charge in [-0.3, -0.25) is 9.10 Å². The highest BCUT2D eigenvalue weighted by molar-refractivity contribution is 7.92. The monoisotopic (exact) mass is 430 g/mol. The Labute approximate surface area is 179 Å². The number of aryl methyl sites for hydroxylation is 2. The quantitative estimate of drug-likeness (QED) is 0.490. The van der Waals surface area contributed by atoms with Crippen LogP contribution in [0.1, 0.15) is 30.5 Å². The Morgan fingerprint density at radius 1 is 1.00 bits per heavy atom. The summed E-state index contributed by atoms with van der Waals surface area (Å²) in [6.07, 6.45) is 2.62. The fourth-order valence-electron chi connectivity index (χ4n) is 3.20. The van der Waals surface area contributed by atoms with E-state index in [4.69, 9.17) is 0 Å². The van der Waals surface area contributed by atoms with Gasteiger partial charge in [-0.15, -0.1) is 0 Å². The zero-order chi connectivity index (χ0) is 22.3. The van der Waals surface area contributed by atoms with Gasteiger partial charge in [-0.1, -0.05) is 18.2 Å². The lowest BCUT2D eigenvalue weighted by atomic mass is 10.1. The van der Waals surface area contributed by atoms with Crippen molar-refractivity contribution >= 4 is 33.5 Å². The molecule has 1 amide bonds. The van der Waals surface area contributed by atoms with E-state index in [0.29, 0.717) is 5.69 Å². The number of nitrogens with zero attached hydrogens (tertiary/aromatic N) is 3. The highest BCUT2D eigenvalue weighted by Crippen LogP contribution is 2.21. The lowest BCUT2D eigenvalue weighted by Crippen LogP contribution is -2.39. The van der Waals surface area contributed by atoms with Crippen LogP contribution in [0.4, 0.5) is 11.4 Å². The van der Waals surface area contributed by atoms with Gasteiger partial charge in [0.25, 0.3) is 5.91 Å². The first-order valence-corrected chi connectivity index (χ1v) is 11.7. The summed E-state index contributed by atoms with van der Waals surface area (Å²) in [5.41, 5.74) is 6.67. The van der Waals surface area contributed by atoms with E-state index in [9.17, 15) is 13.2 Å². The SMILES string of the molecule is CCN(CC)c1ccc(/C=N\NC(=O)CN(c2cc(C)cc(C)c2)S(C)(=O)=O)cc1. The van der Waals surface area contributed by atoms with Crippen molar-refractivity contribution in [2.45, 2.75) is 27.7 Å². The molecule has 0 aromatic heterocycles. The van der Waals surface area contributed by atoms with Crippen LogP contribution in [0.25, 0.3) is 0 Å². The lowest BCUT2D eigenvalue weighted by molar-refractivity contribution is -0.119. The van der Waals surface area contributed by atoms with Crippen molar-refractivity contribution in [3.63, 3.8) is 0 Å². The van der Waals surface area contributed by atoms with Crippen LogP contribution in [-0.4, -0.2) is 46.4 Å². The second-order valence-corrected chi connectivity index (χ2v) is 9.08. The fourth-order valence-corrected chi connectivity index (χ4v) is 4.04. The van der Waals surface area contributed by atoms with E-state index in [0.717, 1.165) is 46.0 Å². The Balaban J connectivity index is 2.05. The van der Waals surface area contributed by atoms with E-state index in [-0.39, 0.29) is 6.54 Å². The van der Waals surface area contributed by atoms with Gasteiger partial charge in [0.15, 0.2) is 0 Å². The Bertz CT molecular complexity index is 977. The van der Waals surface area contributed by atoms with Gasteiger partial charge in [0.2, 0.25) is 10.0 Å². The molecule has 8 heteroatoms. The first kappa shape index (κ1) is 23.4. The minimum atomic E-state index is -3.63. The zero-order valence-electron chi connectivity index (χ0n) is 18.2. The number of benzene rings is 2. The lowest BCUT2D eigenvalue weighted by Gasteiger charge is -2.22. The predicted octanol–water partition coefficient (Wildman–Crippen LogP) is 3.07. The molecule has 0 radical (unpaired) electrons. The highest BCUT2D eigenvalue weighted by atomic mass is 32.2. The van der Waals surface area contributed by atoms with Gasteiger partial charge in [0, 0.05) is 18.8 Å². The highest BCUT2D eigenvalue weighted by Gasteiger charge is 2.21. The van der Waals surface area contributed by atoms with Crippen LogP contribution in [0.3, 0.4) is 0 Å². The molecule has 0 fully saturated rings. The van der Waals surface area contributed by atoms with E-state index in [1.807, 2.05) is 44.2 Å². The second kappa shape index (κ2) is 10.2. The van der Waals surface area contributed by atoms with Gasteiger partial charge >= 0.3 is 0 Å². The van der Waals surface area contributed by atoms with Crippen molar-refractivity contribution in [3.05, 3.63) is 59.2 Å². The van der Waals surface area contributed by atoms with E-state index < -0.39 is 15.9 Å². The number of amides is 1. The molecule has 0 heterocycles. The standard InChI is InChI=1S/C22H30N4O3S/c1-6-25(7-2)20-10-8-19(9-11-20)15-23-24-22(27)16-26(30(5,28)29)21-13-17(3)12-18(4)14-21/h8-15H,6-7,16H2,1-5H3,(H,24,27)/b23-15-. The molecule has 0 unspecified atom stereocenters. The maximum atomic E-state index is 12.3. The second-order valence-electron chi connectivity index (χ2n) is 7.17. The normalized spacial score (nSPS) is 11.5. The first-order valence-electron chi connectivity index (χ1n) is 9.87. The summed E-state index contributed by atoms with van der Waals surface area (Å²) in [5, 5.41) is 3.96. The third-order valence-corrected chi connectivity index (χ3v) is 5.75. The van der Waals surface area contributed by atoms with Gasteiger partial charge in [0.05, 0.1) is 18.2 Å². The molecule has 2 aromatic carbocycles. The number of carbonyl (C=O) groups excluding carboxylic acids is 1. The summed E-state index contributed by atoms with van der Waals surface area (Å²) >= 11 is 0. The summed E-state index contributed by atoms with van der Waals surface area (Å²) < 4.78 is 25.5. The molecule has 2 aromatic rings. The third-order valence-electron chi connectivity index (χ3n) is 4.61. The Morgan fingerprint density at radius 3 is 2.07 bits per heavy atom. The van der Waals surface area contributed by atoms with Crippen LogP contribution in [0, 0.1) is 13.8 Å². The van der Waals surface area contributed by atoms with Gasteiger partial charge in [-0.2, -0.15) is 5.10 Å². The van der Waals surface area contributed by atoms with Gasteiger partial charge < -0.3 is 4.90 Å². The molecule has 0 saturated heterocycles. The topological polar surface area (TPSA) is 82.1 Å². The maximum absolute atomic E-state index is 12.3. The minimum Gasteiger partial charge on any atom is -0.372 e. The molecule has 0 saturated carbocycles. The van der Waals surface area contributed by atoms with Crippen LogP contribution in [-0.2, 0) is 14.8 Å². The van der Waals surface area contributed by atoms with Crippen LogP contribution in [0.2, 0.25) is 0 Å². The van der Waals surface area contributed by atoms with Gasteiger partial charge in [-0.05, 0) is 68.7 Å². The number of hydrogen-bond acceptors (Lipinski definition) is 5. The molecule has 0 aliphatic carbocycles. The van der Waals surface area contributed by atoms with Crippen LogP contribution >= 0.6 is 0 Å². The average Bonchev–Trinajstić information content (AvgIpc) is 2.66. The molecule has 0 atom stereocenters. The van der Waals surface area contributed by atoms with Crippen LogP contribution in [0.5, 0.6) is 0 Å². The number of hydrazone groups is 1. The van der Waals surface area contributed by atoms with E-state index >= 15 is 0 Å². The first-order chi connectivity index (χ1) is 14.1. The Morgan fingerprint density at radius 2 is 1.57 bits per heavy atom. The number of anilines is 2. The molecule has 0 aliphatic rings. The molecule has 30 heavy (non-hydrogen) atoms. The molecular weight excluding hydrogens is 400 g/mol. The summed E-state index contributed by atoms with van der Waals surface area (Å²) in [7, 11) is -3.63. The predicted molar refractivity (Wildman–Crippen MR) is 124 cm³/mol. The molecule has 162 valence electrons. The number of hydrogen-bond donors (Lipinski definition) is 1. The number of sulfonamides is 1. The largest absolute Gasteiger partial charge is 0.372 e. The maximum Gasteiger partial charge on any atom is 0.260 e. The molecule has 7 nitrogen and oxygen atoms in total.